The Morgan fingerprint density at radius 1 is 1.08 bits per heavy atom. The molecule has 0 fully saturated rings. The van der Waals surface area contributed by atoms with Crippen LogP contribution in [0.2, 0.25) is 0 Å². The van der Waals surface area contributed by atoms with Gasteiger partial charge in [0.2, 0.25) is 0 Å². The average molecular weight is 206 g/mol. The lowest BCUT2D eigenvalue weighted by molar-refractivity contribution is -0.137. The normalized spacial score (nSPS) is 10.3. The molecule has 4 nitrogen and oxygen atoms in total. The van der Waals surface area contributed by atoms with Gasteiger partial charge in [0.1, 0.15) is 0 Å². The fourth-order valence-corrected chi connectivity index (χ4v) is 1.35. The van der Waals surface area contributed by atoms with Gasteiger partial charge < -0.3 is 10.2 Å². The zero-order valence-electron chi connectivity index (χ0n) is 7.27. The average Bonchev–Trinajstić information content (AvgIpc) is 2.04. The van der Waals surface area contributed by atoms with E-state index in [1.807, 2.05) is 0 Å². The van der Waals surface area contributed by atoms with Crippen LogP contribution in [0.1, 0.15) is 25.7 Å². The molecule has 0 aliphatic carbocycles. The summed E-state index contributed by atoms with van der Waals surface area (Å²) in [5, 5.41) is 16.8. The number of carbonyl (C=O) groups is 2. The highest BCUT2D eigenvalue weighted by molar-refractivity contribution is 7.80. The summed E-state index contributed by atoms with van der Waals surface area (Å²) in [6, 6.07) is 0. The van der Waals surface area contributed by atoms with Gasteiger partial charge >= 0.3 is 11.9 Å². The third-order valence-electron chi connectivity index (χ3n) is 1.79. The van der Waals surface area contributed by atoms with Gasteiger partial charge in [-0.3, -0.25) is 9.59 Å². The molecule has 0 rings (SSSR count). The van der Waals surface area contributed by atoms with Gasteiger partial charge in [0.25, 0.3) is 0 Å². The Morgan fingerprint density at radius 3 is 1.69 bits per heavy atom. The molecule has 0 aromatic carbocycles. The van der Waals surface area contributed by atoms with Crippen molar-refractivity contribution in [3.63, 3.8) is 0 Å². The number of aliphatic carboxylic acids is 2. The van der Waals surface area contributed by atoms with E-state index >= 15 is 0 Å². The van der Waals surface area contributed by atoms with Gasteiger partial charge in [0.05, 0.1) is 0 Å². The zero-order valence-corrected chi connectivity index (χ0v) is 8.17. The summed E-state index contributed by atoms with van der Waals surface area (Å²) in [5.41, 5.74) is 0. The van der Waals surface area contributed by atoms with Crippen molar-refractivity contribution in [2.45, 2.75) is 25.7 Å². The minimum Gasteiger partial charge on any atom is -0.481 e. The second kappa shape index (κ2) is 6.77. The van der Waals surface area contributed by atoms with Gasteiger partial charge in [0.15, 0.2) is 0 Å². The highest BCUT2D eigenvalue weighted by Gasteiger charge is 2.10. The Balaban J connectivity index is 3.63. The maximum absolute atomic E-state index is 10.2. The first-order valence-electron chi connectivity index (χ1n) is 4.10. The molecule has 0 aliphatic rings. The summed E-state index contributed by atoms with van der Waals surface area (Å²) < 4.78 is 0. The molecule has 0 unspecified atom stereocenters. The van der Waals surface area contributed by atoms with Crippen LogP contribution in [0.25, 0.3) is 0 Å². The van der Waals surface area contributed by atoms with E-state index in [4.69, 9.17) is 10.2 Å². The van der Waals surface area contributed by atoms with Crippen LogP contribution < -0.4 is 0 Å². The number of hydrogen-bond donors (Lipinski definition) is 3. The van der Waals surface area contributed by atoms with Crippen molar-refractivity contribution < 1.29 is 19.8 Å². The van der Waals surface area contributed by atoms with Crippen LogP contribution >= 0.6 is 12.6 Å². The Labute approximate surface area is 82.4 Å². The number of carboxylic acid groups (broad SMARTS) is 2. The van der Waals surface area contributed by atoms with Gasteiger partial charge in [-0.25, -0.2) is 0 Å². The van der Waals surface area contributed by atoms with E-state index in [-0.39, 0.29) is 18.8 Å². The van der Waals surface area contributed by atoms with Crippen molar-refractivity contribution in [3.8, 4) is 0 Å². The van der Waals surface area contributed by atoms with E-state index < -0.39 is 11.9 Å². The first-order valence-corrected chi connectivity index (χ1v) is 4.74. The Kier molecular flexibility index (Phi) is 6.40. The van der Waals surface area contributed by atoms with Crippen LogP contribution in [0.3, 0.4) is 0 Å². The summed E-state index contributed by atoms with van der Waals surface area (Å²) in [6.07, 6.45) is 1.19. The lowest BCUT2D eigenvalue weighted by Crippen LogP contribution is -2.08. The summed E-state index contributed by atoms with van der Waals surface area (Å²) in [4.78, 5) is 20.4. The molecule has 0 saturated heterocycles. The quantitative estimate of drug-likeness (QED) is 0.548. The SMILES string of the molecule is O=C(O)CCC(CS)CCC(=O)O. The molecular weight excluding hydrogens is 192 g/mol. The largest absolute Gasteiger partial charge is 0.481 e. The topological polar surface area (TPSA) is 74.6 Å². The van der Waals surface area contributed by atoms with Gasteiger partial charge in [0, 0.05) is 12.8 Å². The predicted octanol–water partition coefficient (Wildman–Crippen LogP) is 1.26. The molecule has 0 heterocycles. The summed E-state index contributed by atoms with van der Waals surface area (Å²) in [7, 11) is 0. The van der Waals surface area contributed by atoms with Crippen molar-refractivity contribution in [3.05, 3.63) is 0 Å². The monoisotopic (exact) mass is 206 g/mol. The number of thiol groups is 1. The molecule has 5 heteroatoms. The van der Waals surface area contributed by atoms with Crippen LogP contribution in [0.15, 0.2) is 0 Å². The van der Waals surface area contributed by atoms with Crippen LogP contribution in [0.4, 0.5) is 0 Å². The number of hydrogen-bond acceptors (Lipinski definition) is 3. The van der Waals surface area contributed by atoms with E-state index in [1.165, 1.54) is 0 Å². The summed E-state index contributed by atoms with van der Waals surface area (Å²) >= 11 is 4.03. The molecule has 0 bridgehead atoms. The molecule has 0 saturated carbocycles. The van der Waals surface area contributed by atoms with Crippen molar-refractivity contribution in [1.82, 2.24) is 0 Å². The zero-order chi connectivity index (χ0) is 10.3. The first kappa shape index (κ1) is 12.3. The minimum absolute atomic E-state index is 0.0881. The van der Waals surface area contributed by atoms with Gasteiger partial charge in [-0.1, -0.05) is 0 Å². The van der Waals surface area contributed by atoms with Crippen molar-refractivity contribution >= 4 is 24.6 Å². The van der Waals surface area contributed by atoms with Crippen molar-refractivity contribution in [2.24, 2.45) is 5.92 Å². The highest BCUT2D eigenvalue weighted by atomic mass is 32.1. The predicted molar refractivity (Wildman–Crippen MR) is 51.1 cm³/mol. The van der Waals surface area contributed by atoms with E-state index in [9.17, 15) is 9.59 Å². The maximum Gasteiger partial charge on any atom is 0.303 e. The fraction of sp³-hybridized carbons (Fsp3) is 0.750. The Hall–Kier alpha value is -0.710. The molecule has 0 spiro atoms. The first-order chi connectivity index (χ1) is 6.06. The Morgan fingerprint density at radius 2 is 1.46 bits per heavy atom. The van der Waals surface area contributed by atoms with E-state index in [2.05, 4.69) is 12.6 Å². The molecular formula is C8H14O4S. The highest BCUT2D eigenvalue weighted by Crippen LogP contribution is 2.14. The van der Waals surface area contributed by atoms with Gasteiger partial charge in [-0.2, -0.15) is 12.6 Å². The summed E-state index contributed by atoms with van der Waals surface area (Å²) in [5.74, 6) is -1.06. The number of carboxylic acids is 2. The molecule has 0 atom stereocenters. The van der Waals surface area contributed by atoms with Crippen LogP contribution in [0, 0.1) is 5.92 Å². The van der Waals surface area contributed by atoms with Crippen LogP contribution in [0.5, 0.6) is 0 Å². The smallest absolute Gasteiger partial charge is 0.303 e. The molecule has 76 valence electrons. The second-order valence-electron chi connectivity index (χ2n) is 2.91. The molecule has 0 aliphatic heterocycles. The second-order valence-corrected chi connectivity index (χ2v) is 3.28. The standard InChI is InChI=1S/C8H14O4S/c9-7(10)3-1-6(5-13)2-4-8(11)12/h6,13H,1-5H2,(H,9,10)(H,11,12). The van der Waals surface area contributed by atoms with Gasteiger partial charge in [-0.15, -0.1) is 0 Å². The van der Waals surface area contributed by atoms with E-state index in [1.54, 1.807) is 0 Å². The fourth-order valence-electron chi connectivity index (χ4n) is 0.982. The Bertz CT molecular complexity index is 163. The third kappa shape index (κ3) is 7.64. The number of rotatable bonds is 7. The van der Waals surface area contributed by atoms with Crippen LogP contribution in [-0.4, -0.2) is 27.9 Å². The molecule has 0 radical (unpaired) electrons. The van der Waals surface area contributed by atoms with Crippen molar-refractivity contribution in [1.29, 1.82) is 0 Å². The molecule has 0 aromatic heterocycles. The van der Waals surface area contributed by atoms with E-state index in [0.717, 1.165) is 0 Å². The van der Waals surface area contributed by atoms with Crippen molar-refractivity contribution in [2.75, 3.05) is 5.75 Å². The molecule has 13 heavy (non-hydrogen) atoms. The lowest BCUT2D eigenvalue weighted by Gasteiger charge is -2.10. The maximum atomic E-state index is 10.2. The summed E-state index contributed by atoms with van der Waals surface area (Å²) in [6.45, 7) is 0. The minimum atomic E-state index is -0.845. The van der Waals surface area contributed by atoms with E-state index in [0.29, 0.717) is 18.6 Å². The molecule has 0 aromatic rings. The third-order valence-corrected chi connectivity index (χ3v) is 2.31. The van der Waals surface area contributed by atoms with Gasteiger partial charge in [-0.05, 0) is 24.5 Å². The molecule has 0 amide bonds. The molecule has 2 N–H and O–H groups in total. The lowest BCUT2D eigenvalue weighted by atomic mass is 10.00. The van der Waals surface area contributed by atoms with Crippen LogP contribution in [-0.2, 0) is 9.59 Å².